The zero-order chi connectivity index (χ0) is 15.2. The molecular weight excluding hydrogens is 252 g/mol. The lowest BCUT2D eigenvalue weighted by atomic mass is 9.87. The van der Waals surface area contributed by atoms with Crippen LogP contribution in [0.2, 0.25) is 0 Å². The highest BCUT2D eigenvalue weighted by atomic mass is 16.5. The Hall–Kier alpha value is -1.55. The SMILES string of the molecule is CCCOc1ccc(CNC(=O)[C@@H](N)C(C)(C)C)cc1. The van der Waals surface area contributed by atoms with Crippen LogP contribution in [0.3, 0.4) is 0 Å². The lowest BCUT2D eigenvalue weighted by molar-refractivity contribution is -0.124. The third kappa shape index (κ3) is 5.21. The maximum atomic E-state index is 11.9. The Labute approximate surface area is 121 Å². The first-order valence-electron chi connectivity index (χ1n) is 7.09. The van der Waals surface area contributed by atoms with Crippen molar-refractivity contribution in [2.75, 3.05) is 6.61 Å². The molecule has 0 bridgehead atoms. The fourth-order valence-corrected chi connectivity index (χ4v) is 1.62. The average Bonchev–Trinajstić information content (AvgIpc) is 2.41. The molecule has 0 aliphatic heterocycles. The summed E-state index contributed by atoms with van der Waals surface area (Å²) in [6, 6.07) is 7.23. The fraction of sp³-hybridized carbons (Fsp3) is 0.562. The Balaban J connectivity index is 2.48. The van der Waals surface area contributed by atoms with E-state index in [4.69, 9.17) is 10.5 Å². The lowest BCUT2D eigenvalue weighted by Gasteiger charge is -2.25. The summed E-state index contributed by atoms with van der Waals surface area (Å²) in [7, 11) is 0. The predicted octanol–water partition coefficient (Wildman–Crippen LogP) is 2.46. The molecule has 1 atom stereocenters. The quantitative estimate of drug-likeness (QED) is 0.840. The molecule has 20 heavy (non-hydrogen) atoms. The van der Waals surface area contributed by atoms with Crippen LogP contribution in [0, 0.1) is 5.41 Å². The van der Waals surface area contributed by atoms with E-state index in [-0.39, 0.29) is 11.3 Å². The zero-order valence-electron chi connectivity index (χ0n) is 12.9. The van der Waals surface area contributed by atoms with E-state index in [1.54, 1.807) is 0 Å². The standard InChI is InChI=1S/C16H26N2O2/c1-5-10-20-13-8-6-12(7-9-13)11-18-15(19)14(17)16(2,3)4/h6-9,14H,5,10-11,17H2,1-4H3,(H,18,19)/t14-/m1/s1. The predicted molar refractivity (Wildman–Crippen MR) is 81.5 cm³/mol. The van der Waals surface area contributed by atoms with Crippen molar-refractivity contribution in [3.8, 4) is 5.75 Å². The van der Waals surface area contributed by atoms with Crippen molar-refractivity contribution in [2.24, 2.45) is 11.1 Å². The molecule has 1 aromatic carbocycles. The van der Waals surface area contributed by atoms with Gasteiger partial charge in [-0.05, 0) is 29.5 Å². The van der Waals surface area contributed by atoms with E-state index in [9.17, 15) is 4.79 Å². The summed E-state index contributed by atoms with van der Waals surface area (Å²) in [5.41, 5.74) is 6.70. The molecule has 0 aliphatic rings. The Bertz CT molecular complexity index is 421. The van der Waals surface area contributed by atoms with Crippen LogP contribution in [0.1, 0.15) is 39.7 Å². The number of hydrogen-bond acceptors (Lipinski definition) is 3. The highest BCUT2D eigenvalue weighted by molar-refractivity contribution is 5.82. The van der Waals surface area contributed by atoms with Gasteiger partial charge in [-0.2, -0.15) is 0 Å². The van der Waals surface area contributed by atoms with Crippen LogP contribution in [-0.4, -0.2) is 18.6 Å². The molecule has 0 unspecified atom stereocenters. The largest absolute Gasteiger partial charge is 0.494 e. The molecule has 3 N–H and O–H groups in total. The number of benzene rings is 1. The Morgan fingerprint density at radius 1 is 1.30 bits per heavy atom. The Kier molecular flexibility index (Phi) is 6.02. The van der Waals surface area contributed by atoms with Crippen LogP contribution in [0.4, 0.5) is 0 Å². The van der Waals surface area contributed by atoms with Gasteiger partial charge in [0.05, 0.1) is 12.6 Å². The Morgan fingerprint density at radius 2 is 1.90 bits per heavy atom. The molecule has 0 aliphatic carbocycles. The van der Waals surface area contributed by atoms with Gasteiger partial charge >= 0.3 is 0 Å². The maximum absolute atomic E-state index is 11.9. The highest BCUT2D eigenvalue weighted by Crippen LogP contribution is 2.17. The van der Waals surface area contributed by atoms with Gasteiger partial charge in [0.15, 0.2) is 0 Å². The van der Waals surface area contributed by atoms with Gasteiger partial charge in [0.25, 0.3) is 0 Å². The number of carbonyl (C=O) groups is 1. The van der Waals surface area contributed by atoms with Gasteiger partial charge in [-0.3, -0.25) is 4.79 Å². The monoisotopic (exact) mass is 278 g/mol. The van der Waals surface area contributed by atoms with Crippen molar-refractivity contribution in [1.29, 1.82) is 0 Å². The number of rotatable bonds is 6. The smallest absolute Gasteiger partial charge is 0.237 e. The molecule has 0 spiro atoms. The second-order valence-corrected chi connectivity index (χ2v) is 6.05. The zero-order valence-corrected chi connectivity index (χ0v) is 12.9. The molecule has 1 rings (SSSR count). The molecule has 0 heterocycles. The second kappa shape index (κ2) is 7.29. The Morgan fingerprint density at radius 3 is 2.40 bits per heavy atom. The van der Waals surface area contributed by atoms with Gasteiger partial charge in [-0.25, -0.2) is 0 Å². The first kappa shape index (κ1) is 16.5. The van der Waals surface area contributed by atoms with Crippen LogP contribution in [0.25, 0.3) is 0 Å². The molecule has 4 nitrogen and oxygen atoms in total. The molecule has 4 heteroatoms. The number of carbonyl (C=O) groups excluding carboxylic acids is 1. The minimum atomic E-state index is -0.505. The summed E-state index contributed by atoms with van der Waals surface area (Å²) in [5, 5.41) is 2.86. The van der Waals surface area contributed by atoms with Gasteiger partial charge in [0, 0.05) is 6.54 Å². The first-order valence-corrected chi connectivity index (χ1v) is 7.09. The van der Waals surface area contributed by atoms with Gasteiger partial charge in [-0.15, -0.1) is 0 Å². The highest BCUT2D eigenvalue weighted by Gasteiger charge is 2.26. The van der Waals surface area contributed by atoms with Gasteiger partial charge < -0.3 is 15.8 Å². The summed E-state index contributed by atoms with van der Waals surface area (Å²) in [6.45, 7) is 9.14. The normalized spacial score (nSPS) is 12.8. The van der Waals surface area contributed by atoms with Crippen molar-refractivity contribution in [2.45, 2.75) is 46.7 Å². The number of nitrogens with one attached hydrogen (secondary N) is 1. The van der Waals surface area contributed by atoms with Crippen LogP contribution in [0.5, 0.6) is 5.75 Å². The van der Waals surface area contributed by atoms with Crippen molar-refractivity contribution in [1.82, 2.24) is 5.32 Å². The van der Waals surface area contributed by atoms with Crippen LogP contribution in [-0.2, 0) is 11.3 Å². The number of ether oxygens (including phenoxy) is 1. The van der Waals surface area contributed by atoms with E-state index in [0.29, 0.717) is 6.54 Å². The minimum absolute atomic E-state index is 0.121. The van der Waals surface area contributed by atoms with Gasteiger partial charge in [0.1, 0.15) is 5.75 Å². The molecule has 0 aromatic heterocycles. The number of amides is 1. The van der Waals surface area contributed by atoms with Gasteiger partial charge in [0.2, 0.25) is 5.91 Å². The third-order valence-corrected chi connectivity index (χ3v) is 3.08. The fourth-order valence-electron chi connectivity index (χ4n) is 1.62. The maximum Gasteiger partial charge on any atom is 0.237 e. The van der Waals surface area contributed by atoms with E-state index in [2.05, 4.69) is 12.2 Å². The molecule has 0 saturated heterocycles. The summed E-state index contributed by atoms with van der Waals surface area (Å²) in [6.07, 6.45) is 0.989. The van der Waals surface area contributed by atoms with Crippen molar-refractivity contribution in [3.05, 3.63) is 29.8 Å². The lowest BCUT2D eigenvalue weighted by Crippen LogP contribution is -2.48. The molecular formula is C16H26N2O2. The minimum Gasteiger partial charge on any atom is -0.494 e. The van der Waals surface area contributed by atoms with E-state index in [0.717, 1.165) is 24.3 Å². The molecule has 0 radical (unpaired) electrons. The van der Waals surface area contributed by atoms with E-state index < -0.39 is 6.04 Å². The van der Waals surface area contributed by atoms with Crippen molar-refractivity contribution in [3.63, 3.8) is 0 Å². The summed E-state index contributed by atoms with van der Waals surface area (Å²) < 4.78 is 5.51. The van der Waals surface area contributed by atoms with Crippen molar-refractivity contribution >= 4 is 5.91 Å². The first-order chi connectivity index (χ1) is 9.34. The molecule has 112 valence electrons. The molecule has 1 amide bonds. The van der Waals surface area contributed by atoms with E-state index >= 15 is 0 Å². The summed E-state index contributed by atoms with van der Waals surface area (Å²) in [4.78, 5) is 11.9. The molecule has 1 aromatic rings. The van der Waals surface area contributed by atoms with E-state index in [1.807, 2.05) is 45.0 Å². The van der Waals surface area contributed by atoms with E-state index in [1.165, 1.54) is 0 Å². The van der Waals surface area contributed by atoms with Gasteiger partial charge in [-0.1, -0.05) is 39.8 Å². The second-order valence-electron chi connectivity index (χ2n) is 6.05. The summed E-state index contributed by atoms with van der Waals surface area (Å²) in [5.74, 6) is 0.733. The average molecular weight is 278 g/mol. The third-order valence-electron chi connectivity index (χ3n) is 3.08. The molecule has 0 fully saturated rings. The topological polar surface area (TPSA) is 64.3 Å². The van der Waals surface area contributed by atoms with Crippen LogP contribution < -0.4 is 15.8 Å². The number of nitrogens with two attached hydrogens (primary N) is 1. The molecule has 0 saturated carbocycles. The van der Waals surface area contributed by atoms with Crippen molar-refractivity contribution < 1.29 is 9.53 Å². The number of hydrogen-bond donors (Lipinski definition) is 2. The summed E-state index contributed by atoms with van der Waals surface area (Å²) >= 11 is 0. The van der Waals surface area contributed by atoms with Crippen LogP contribution >= 0.6 is 0 Å². The van der Waals surface area contributed by atoms with Crippen LogP contribution in [0.15, 0.2) is 24.3 Å².